The molecule has 6 heteroatoms. The number of nitrogens with one attached hydrogen (secondary N) is 1. The van der Waals surface area contributed by atoms with Crippen molar-refractivity contribution in [2.45, 2.75) is 32.7 Å². The number of aliphatic hydroxyl groups is 1. The highest BCUT2D eigenvalue weighted by Gasteiger charge is 2.17. The summed E-state index contributed by atoms with van der Waals surface area (Å²) in [5.41, 5.74) is 2.34. The van der Waals surface area contributed by atoms with Gasteiger partial charge in [-0.3, -0.25) is 4.98 Å². The van der Waals surface area contributed by atoms with Crippen LogP contribution in [0.4, 0.5) is 13.2 Å². The zero-order valence-corrected chi connectivity index (χ0v) is 14.4. The van der Waals surface area contributed by atoms with Crippen molar-refractivity contribution in [2.75, 3.05) is 13.2 Å². The van der Waals surface area contributed by atoms with Gasteiger partial charge in [0, 0.05) is 25.4 Å². The number of pyridine rings is 1. The van der Waals surface area contributed by atoms with Gasteiger partial charge >= 0.3 is 0 Å². The summed E-state index contributed by atoms with van der Waals surface area (Å²) in [5, 5.41) is 12.9. The molecular weight excluding hydrogens is 329 g/mol. The molecule has 3 nitrogen and oxygen atoms in total. The number of hydrogen-bond acceptors (Lipinski definition) is 3. The van der Waals surface area contributed by atoms with Crippen molar-refractivity contribution >= 4 is 0 Å². The van der Waals surface area contributed by atoms with Crippen molar-refractivity contribution in [3.05, 3.63) is 64.7 Å². The maximum atomic E-state index is 13.3. The van der Waals surface area contributed by atoms with Crippen LogP contribution in [0.5, 0.6) is 0 Å². The van der Waals surface area contributed by atoms with Gasteiger partial charge in [-0.25, -0.2) is 13.2 Å². The summed E-state index contributed by atoms with van der Waals surface area (Å²) in [5.74, 6) is -4.15. The van der Waals surface area contributed by atoms with Crippen molar-refractivity contribution in [2.24, 2.45) is 5.92 Å². The smallest absolute Gasteiger partial charge is 0.194 e. The van der Waals surface area contributed by atoms with Gasteiger partial charge in [0.15, 0.2) is 17.5 Å². The number of halogens is 3. The van der Waals surface area contributed by atoms with Gasteiger partial charge in [-0.1, -0.05) is 13.0 Å². The van der Waals surface area contributed by atoms with Crippen molar-refractivity contribution < 1.29 is 18.3 Å². The normalized spacial score (nSPS) is 13.7. The molecule has 0 aliphatic carbocycles. The monoisotopic (exact) mass is 352 g/mol. The van der Waals surface area contributed by atoms with Gasteiger partial charge in [-0.05, 0) is 55.0 Å². The minimum Gasteiger partial charge on any atom is -0.396 e. The number of nitrogens with zero attached hydrogens (tertiary/aromatic N) is 1. The SMILES string of the molecule is CCC(NCC(CO)Cc1cc(F)c(F)c(F)c1)c1ncccc1C. The minimum absolute atomic E-state index is 0.0249. The van der Waals surface area contributed by atoms with Crippen LogP contribution in [0.2, 0.25) is 0 Å². The third kappa shape index (κ3) is 5.03. The Morgan fingerprint density at radius 1 is 1.20 bits per heavy atom. The lowest BCUT2D eigenvalue weighted by atomic mass is 9.98. The summed E-state index contributed by atoms with van der Waals surface area (Å²) in [6.45, 7) is 4.32. The third-order valence-corrected chi connectivity index (χ3v) is 4.27. The molecule has 0 amide bonds. The number of aromatic nitrogens is 1. The van der Waals surface area contributed by atoms with E-state index in [1.54, 1.807) is 6.20 Å². The Kier molecular flexibility index (Phi) is 6.96. The van der Waals surface area contributed by atoms with Crippen molar-refractivity contribution in [3.8, 4) is 0 Å². The Balaban J connectivity index is 2.03. The molecule has 2 rings (SSSR count). The predicted molar refractivity (Wildman–Crippen MR) is 90.6 cm³/mol. The summed E-state index contributed by atoms with van der Waals surface area (Å²) in [4.78, 5) is 4.40. The number of aryl methyl sites for hydroxylation is 1. The molecule has 2 aromatic rings. The molecule has 0 saturated heterocycles. The first-order chi connectivity index (χ1) is 12.0. The number of hydrogen-bond donors (Lipinski definition) is 2. The van der Waals surface area contributed by atoms with Crippen LogP contribution in [-0.4, -0.2) is 23.2 Å². The molecular formula is C19H23F3N2O. The maximum absolute atomic E-state index is 13.3. The first-order valence-electron chi connectivity index (χ1n) is 8.35. The molecule has 0 aliphatic heterocycles. The molecule has 1 aromatic carbocycles. The average Bonchev–Trinajstić information content (AvgIpc) is 2.60. The molecule has 0 fully saturated rings. The topological polar surface area (TPSA) is 45.1 Å². The number of aliphatic hydroxyl groups excluding tert-OH is 1. The second-order valence-electron chi connectivity index (χ2n) is 6.20. The number of benzene rings is 1. The largest absolute Gasteiger partial charge is 0.396 e. The van der Waals surface area contributed by atoms with Crippen molar-refractivity contribution in [1.29, 1.82) is 0 Å². The van der Waals surface area contributed by atoms with E-state index in [-0.39, 0.29) is 25.0 Å². The molecule has 1 heterocycles. The van der Waals surface area contributed by atoms with Crippen LogP contribution in [0.1, 0.15) is 36.2 Å². The summed E-state index contributed by atoms with van der Waals surface area (Å²) in [7, 11) is 0. The van der Waals surface area contributed by atoms with Gasteiger partial charge in [0.05, 0.1) is 5.69 Å². The Morgan fingerprint density at radius 2 is 1.88 bits per heavy atom. The molecule has 2 unspecified atom stereocenters. The lowest BCUT2D eigenvalue weighted by molar-refractivity contribution is 0.217. The van der Waals surface area contributed by atoms with Crippen molar-refractivity contribution in [3.63, 3.8) is 0 Å². The summed E-state index contributed by atoms with van der Waals surface area (Å²) < 4.78 is 39.7. The molecule has 136 valence electrons. The highest BCUT2D eigenvalue weighted by molar-refractivity contribution is 5.22. The summed E-state index contributed by atoms with van der Waals surface area (Å²) >= 11 is 0. The van der Waals surface area contributed by atoms with E-state index >= 15 is 0 Å². The average molecular weight is 352 g/mol. The molecule has 0 saturated carbocycles. The van der Waals surface area contributed by atoms with E-state index in [0.717, 1.165) is 29.8 Å². The fourth-order valence-electron chi connectivity index (χ4n) is 2.87. The van der Waals surface area contributed by atoms with E-state index in [1.165, 1.54) is 0 Å². The zero-order chi connectivity index (χ0) is 18.4. The fraction of sp³-hybridized carbons (Fsp3) is 0.421. The Hall–Kier alpha value is -1.92. The first kappa shape index (κ1) is 19.4. The maximum Gasteiger partial charge on any atom is 0.194 e. The highest BCUT2D eigenvalue weighted by atomic mass is 19.2. The molecule has 25 heavy (non-hydrogen) atoms. The van der Waals surface area contributed by atoms with Crippen LogP contribution in [0.25, 0.3) is 0 Å². The van der Waals surface area contributed by atoms with Crippen LogP contribution in [0.15, 0.2) is 30.5 Å². The van der Waals surface area contributed by atoms with E-state index in [2.05, 4.69) is 10.3 Å². The van der Waals surface area contributed by atoms with Crippen molar-refractivity contribution in [1.82, 2.24) is 10.3 Å². The zero-order valence-electron chi connectivity index (χ0n) is 14.4. The van der Waals surface area contributed by atoms with Crippen LogP contribution in [0.3, 0.4) is 0 Å². The van der Waals surface area contributed by atoms with Crippen LogP contribution in [-0.2, 0) is 6.42 Å². The lowest BCUT2D eigenvalue weighted by Crippen LogP contribution is -2.31. The van der Waals surface area contributed by atoms with Crippen LogP contribution < -0.4 is 5.32 Å². The predicted octanol–water partition coefficient (Wildman–Crippen LogP) is 3.70. The number of rotatable bonds is 8. The molecule has 0 radical (unpaired) electrons. The molecule has 1 aromatic heterocycles. The minimum atomic E-state index is -1.47. The van der Waals surface area contributed by atoms with Crippen LogP contribution >= 0.6 is 0 Å². The van der Waals surface area contributed by atoms with Crippen LogP contribution in [0, 0.1) is 30.3 Å². The van der Waals surface area contributed by atoms with Gasteiger partial charge in [-0.15, -0.1) is 0 Å². The lowest BCUT2D eigenvalue weighted by Gasteiger charge is -2.22. The standard InChI is InChI=1S/C19H23F3N2O/c1-3-17(19-12(2)5-4-6-23-19)24-10-14(11-25)7-13-8-15(20)18(22)16(21)9-13/h4-6,8-9,14,17,24-25H,3,7,10-11H2,1-2H3. The quantitative estimate of drug-likeness (QED) is 0.712. The Morgan fingerprint density at radius 3 is 2.44 bits per heavy atom. The fourth-order valence-corrected chi connectivity index (χ4v) is 2.87. The highest BCUT2D eigenvalue weighted by Crippen LogP contribution is 2.20. The third-order valence-electron chi connectivity index (χ3n) is 4.27. The van der Waals surface area contributed by atoms with E-state index in [0.29, 0.717) is 12.1 Å². The van der Waals surface area contributed by atoms with Gasteiger partial charge < -0.3 is 10.4 Å². The molecule has 0 bridgehead atoms. The summed E-state index contributed by atoms with van der Waals surface area (Å²) in [6, 6.07) is 5.83. The molecule has 2 atom stereocenters. The van der Waals surface area contributed by atoms with E-state index in [1.807, 2.05) is 26.0 Å². The van der Waals surface area contributed by atoms with Gasteiger partial charge in [0.2, 0.25) is 0 Å². The summed E-state index contributed by atoms with van der Waals surface area (Å²) in [6.07, 6.45) is 2.80. The Labute approximate surface area is 145 Å². The molecule has 0 aliphatic rings. The van der Waals surface area contributed by atoms with E-state index in [9.17, 15) is 18.3 Å². The Bertz CT molecular complexity index is 686. The van der Waals surface area contributed by atoms with E-state index < -0.39 is 17.5 Å². The van der Waals surface area contributed by atoms with Gasteiger partial charge in [0.25, 0.3) is 0 Å². The molecule has 2 N–H and O–H groups in total. The van der Waals surface area contributed by atoms with E-state index in [4.69, 9.17) is 0 Å². The van der Waals surface area contributed by atoms with Gasteiger partial charge in [0.1, 0.15) is 0 Å². The first-order valence-corrected chi connectivity index (χ1v) is 8.35. The molecule has 0 spiro atoms. The van der Waals surface area contributed by atoms with Gasteiger partial charge in [-0.2, -0.15) is 0 Å². The second-order valence-corrected chi connectivity index (χ2v) is 6.20. The second kappa shape index (κ2) is 8.97.